The minimum absolute atomic E-state index is 0.00106. The molecular formula is C14H17F3O3. The third-order valence-corrected chi connectivity index (χ3v) is 3.28. The smallest absolute Gasteiger partial charge is 0.411 e. The predicted octanol–water partition coefficient (Wildman–Crippen LogP) is 3.39. The third kappa shape index (κ3) is 4.23. The molecule has 0 aliphatic heterocycles. The zero-order valence-electron chi connectivity index (χ0n) is 11.1. The fourth-order valence-electron chi connectivity index (χ4n) is 2.10. The second kappa shape index (κ2) is 6.74. The van der Waals surface area contributed by atoms with Crippen LogP contribution in [0.5, 0.6) is 0 Å². The number of hydrogen-bond donors (Lipinski definition) is 1. The number of benzene rings is 1. The van der Waals surface area contributed by atoms with Crippen molar-refractivity contribution in [3.8, 4) is 0 Å². The predicted molar refractivity (Wildman–Crippen MR) is 67.5 cm³/mol. The fourth-order valence-corrected chi connectivity index (χ4v) is 2.10. The van der Waals surface area contributed by atoms with Gasteiger partial charge in [0, 0.05) is 6.61 Å². The summed E-state index contributed by atoms with van der Waals surface area (Å²) in [5, 5.41) is 9.46. The number of aliphatic carboxylic acids is 1. The molecule has 0 saturated heterocycles. The first-order valence-corrected chi connectivity index (χ1v) is 6.25. The zero-order valence-corrected chi connectivity index (χ0v) is 11.1. The van der Waals surface area contributed by atoms with Crippen molar-refractivity contribution >= 4 is 5.97 Å². The third-order valence-electron chi connectivity index (χ3n) is 3.28. The maximum absolute atomic E-state index is 12.0. The van der Waals surface area contributed by atoms with Crippen LogP contribution in [0.2, 0.25) is 0 Å². The molecule has 0 aromatic heterocycles. The van der Waals surface area contributed by atoms with Gasteiger partial charge in [-0.1, -0.05) is 37.3 Å². The highest BCUT2D eigenvalue weighted by atomic mass is 19.4. The van der Waals surface area contributed by atoms with E-state index in [2.05, 4.69) is 4.74 Å². The quantitative estimate of drug-likeness (QED) is 0.783. The van der Waals surface area contributed by atoms with E-state index < -0.39 is 24.2 Å². The summed E-state index contributed by atoms with van der Waals surface area (Å²) in [6, 6.07) is 8.51. The molecule has 6 heteroatoms. The van der Waals surface area contributed by atoms with Gasteiger partial charge in [-0.3, -0.25) is 4.79 Å². The van der Waals surface area contributed by atoms with E-state index in [1.165, 1.54) is 0 Å². The standard InChI is InChI=1S/C14H17F3O3/c1-2-13(12(18)19,11-6-4-3-5-7-11)8-9-20-10-14(15,16)17/h3-7H,2,8-10H2,1H3,(H,18,19). The Balaban J connectivity index is 2.78. The lowest BCUT2D eigenvalue weighted by atomic mass is 9.75. The molecule has 0 aliphatic carbocycles. The lowest BCUT2D eigenvalue weighted by molar-refractivity contribution is -0.175. The second-order valence-corrected chi connectivity index (χ2v) is 4.52. The van der Waals surface area contributed by atoms with Crippen LogP contribution in [0, 0.1) is 0 Å². The second-order valence-electron chi connectivity index (χ2n) is 4.52. The highest BCUT2D eigenvalue weighted by Crippen LogP contribution is 2.32. The monoisotopic (exact) mass is 290 g/mol. The van der Waals surface area contributed by atoms with Crippen LogP contribution in [0.25, 0.3) is 0 Å². The summed E-state index contributed by atoms with van der Waals surface area (Å²) in [5.41, 5.74) is -0.641. The van der Waals surface area contributed by atoms with Gasteiger partial charge in [0.25, 0.3) is 0 Å². The molecule has 1 N–H and O–H groups in total. The molecular weight excluding hydrogens is 273 g/mol. The summed E-state index contributed by atoms with van der Waals surface area (Å²) in [6.07, 6.45) is -4.12. The van der Waals surface area contributed by atoms with Crippen LogP contribution in [0.1, 0.15) is 25.3 Å². The van der Waals surface area contributed by atoms with Crippen molar-refractivity contribution in [2.45, 2.75) is 31.4 Å². The van der Waals surface area contributed by atoms with Crippen molar-refractivity contribution in [3.05, 3.63) is 35.9 Å². The fraction of sp³-hybridized carbons (Fsp3) is 0.500. The molecule has 0 spiro atoms. The number of halogens is 3. The molecule has 0 fully saturated rings. The summed E-state index contributed by atoms with van der Waals surface area (Å²) in [7, 11) is 0. The first-order chi connectivity index (χ1) is 9.32. The van der Waals surface area contributed by atoms with E-state index in [1.54, 1.807) is 37.3 Å². The Morgan fingerprint density at radius 1 is 1.25 bits per heavy atom. The normalized spacial score (nSPS) is 14.8. The van der Waals surface area contributed by atoms with Crippen LogP contribution in [-0.2, 0) is 14.9 Å². The molecule has 0 amide bonds. The zero-order chi connectivity index (χ0) is 15.2. The molecule has 0 saturated carbocycles. The molecule has 0 radical (unpaired) electrons. The molecule has 20 heavy (non-hydrogen) atoms. The molecule has 1 aromatic rings. The minimum Gasteiger partial charge on any atom is -0.481 e. The van der Waals surface area contributed by atoms with Crippen molar-refractivity contribution in [2.75, 3.05) is 13.2 Å². The van der Waals surface area contributed by atoms with E-state index in [4.69, 9.17) is 0 Å². The lowest BCUT2D eigenvalue weighted by Gasteiger charge is -2.28. The van der Waals surface area contributed by atoms with Gasteiger partial charge >= 0.3 is 12.1 Å². The Morgan fingerprint density at radius 3 is 2.30 bits per heavy atom. The summed E-state index contributed by atoms with van der Waals surface area (Å²) >= 11 is 0. The number of rotatable bonds is 7. The Kier molecular flexibility index (Phi) is 5.56. The van der Waals surface area contributed by atoms with Crippen LogP contribution in [0.15, 0.2) is 30.3 Å². The van der Waals surface area contributed by atoms with Gasteiger partial charge in [-0.2, -0.15) is 13.2 Å². The Hall–Kier alpha value is -1.56. The Bertz CT molecular complexity index is 431. The average molecular weight is 290 g/mol. The SMILES string of the molecule is CCC(CCOCC(F)(F)F)(C(=O)O)c1ccccc1. The van der Waals surface area contributed by atoms with Gasteiger partial charge in [-0.05, 0) is 18.4 Å². The van der Waals surface area contributed by atoms with Crippen molar-refractivity contribution in [1.82, 2.24) is 0 Å². The van der Waals surface area contributed by atoms with Gasteiger partial charge in [0.05, 0.1) is 5.41 Å². The van der Waals surface area contributed by atoms with Crippen molar-refractivity contribution in [2.24, 2.45) is 0 Å². The van der Waals surface area contributed by atoms with Gasteiger partial charge in [-0.15, -0.1) is 0 Å². The van der Waals surface area contributed by atoms with Crippen molar-refractivity contribution in [1.29, 1.82) is 0 Å². The summed E-state index contributed by atoms with van der Waals surface area (Å²) in [5.74, 6) is -1.05. The molecule has 0 heterocycles. The molecule has 0 aliphatic rings. The average Bonchev–Trinajstić information content (AvgIpc) is 2.39. The van der Waals surface area contributed by atoms with E-state index in [0.29, 0.717) is 5.56 Å². The summed E-state index contributed by atoms with van der Waals surface area (Å²) < 4.78 is 40.5. The van der Waals surface area contributed by atoms with E-state index in [9.17, 15) is 23.1 Å². The number of hydrogen-bond acceptors (Lipinski definition) is 2. The highest BCUT2D eigenvalue weighted by Gasteiger charge is 2.38. The van der Waals surface area contributed by atoms with Gasteiger partial charge in [0.1, 0.15) is 6.61 Å². The first-order valence-electron chi connectivity index (χ1n) is 6.25. The molecule has 0 bridgehead atoms. The van der Waals surface area contributed by atoms with Crippen molar-refractivity contribution in [3.63, 3.8) is 0 Å². The molecule has 1 rings (SSSR count). The molecule has 1 atom stereocenters. The van der Waals surface area contributed by atoms with Crippen LogP contribution < -0.4 is 0 Å². The molecule has 112 valence electrons. The first kappa shape index (κ1) is 16.5. The van der Waals surface area contributed by atoms with E-state index in [1.807, 2.05) is 0 Å². The Morgan fingerprint density at radius 2 is 1.85 bits per heavy atom. The maximum atomic E-state index is 12.0. The Labute approximate surface area is 115 Å². The van der Waals surface area contributed by atoms with Gasteiger partial charge in [0.2, 0.25) is 0 Å². The lowest BCUT2D eigenvalue weighted by Crippen LogP contribution is -2.36. The number of carboxylic acid groups (broad SMARTS) is 1. The minimum atomic E-state index is -4.40. The van der Waals surface area contributed by atoms with Gasteiger partial charge in [-0.25, -0.2) is 0 Å². The van der Waals surface area contributed by atoms with Crippen LogP contribution >= 0.6 is 0 Å². The molecule has 3 nitrogen and oxygen atoms in total. The van der Waals surface area contributed by atoms with Crippen LogP contribution in [0.3, 0.4) is 0 Å². The van der Waals surface area contributed by atoms with E-state index in [-0.39, 0.29) is 19.4 Å². The van der Waals surface area contributed by atoms with Gasteiger partial charge in [0.15, 0.2) is 0 Å². The number of ether oxygens (including phenoxy) is 1. The van der Waals surface area contributed by atoms with Crippen LogP contribution in [0.4, 0.5) is 13.2 Å². The van der Waals surface area contributed by atoms with E-state index >= 15 is 0 Å². The number of alkyl halides is 3. The maximum Gasteiger partial charge on any atom is 0.411 e. The highest BCUT2D eigenvalue weighted by molar-refractivity contribution is 5.81. The van der Waals surface area contributed by atoms with Crippen molar-refractivity contribution < 1.29 is 27.8 Å². The largest absolute Gasteiger partial charge is 0.481 e. The molecule has 1 unspecified atom stereocenters. The summed E-state index contributed by atoms with van der Waals surface area (Å²) in [4.78, 5) is 11.6. The van der Waals surface area contributed by atoms with E-state index in [0.717, 1.165) is 0 Å². The summed E-state index contributed by atoms with van der Waals surface area (Å²) in [6.45, 7) is 0.0840. The molecule has 1 aromatic carbocycles. The topological polar surface area (TPSA) is 46.5 Å². The van der Waals surface area contributed by atoms with Crippen LogP contribution in [-0.4, -0.2) is 30.5 Å². The number of carboxylic acids is 1. The number of carbonyl (C=O) groups is 1. The van der Waals surface area contributed by atoms with Gasteiger partial charge < -0.3 is 9.84 Å².